The molecular weight excluding hydrogens is 308 g/mol. The van der Waals surface area contributed by atoms with E-state index in [0.717, 1.165) is 11.3 Å². The maximum absolute atomic E-state index is 12.3. The van der Waals surface area contributed by atoms with E-state index in [1.807, 2.05) is 24.3 Å². The summed E-state index contributed by atoms with van der Waals surface area (Å²) in [4.78, 5) is 0.936. The highest BCUT2D eigenvalue weighted by Crippen LogP contribution is 2.26. The molecule has 1 aromatic carbocycles. The monoisotopic (exact) mass is 330 g/mol. The lowest BCUT2D eigenvalue weighted by Gasteiger charge is -2.16. The third-order valence-corrected chi connectivity index (χ3v) is 6.75. The van der Waals surface area contributed by atoms with E-state index in [1.165, 1.54) is 11.8 Å². The first-order valence-electron chi connectivity index (χ1n) is 6.97. The Morgan fingerprint density at radius 1 is 1.43 bits per heavy atom. The molecule has 0 bridgehead atoms. The molecule has 1 atom stereocenters. The first kappa shape index (κ1) is 16.6. The van der Waals surface area contributed by atoms with E-state index in [1.54, 1.807) is 11.4 Å². The molecule has 0 saturated carbocycles. The first-order valence-corrected chi connectivity index (χ1v) is 9.56. The molecule has 2 rings (SSSR count). The molecule has 5 nitrogen and oxygen atoms in total. The van der Waals surface area contributed by atoms with Crippen LogP contribution in [0.2, 0.25) is 0 Å². The van der Waals surface area contributed by atoms with Crippen LogP contribution in [0.25, 0.3) is 0 Å². The lowest BCUT2D eigenvalue weighted by Crippen LogP contribution is -2.32. The molecule has 1 heterocycles. The highest BCUT2D eigenvalue weighted by molar-refractivity contribution is 8.00. The van der Waals surface area contributed by atoms with Gasteiger partial charge in [0.25, 0.3) is 0 Å². The number of benzene rings is 1. The van der Waals surface area contributed by atoms with Gasteiger partial charge in [0.2, 0.25) is 10.0 Å². The summed E-state index contributed by atoms with van der Waals surface area (Å²) in [6, 6.07) is 7.52. The van der Waals surface area contributed by atoms with Crippen LogP contribution in [0.15, 0.2) is 29.2 Å². The van der Waals surface area contributed by atoms with Crippen LogP contribution in [0.4, 0.5) is 5.69 Å². The second-order valence-electron chi connectivity index (χ2n) is 5.17. The van der Waals surface area contributed by atoms with Crippen molar-refractivity contribution in [2.75, 3.05) is 44.0 Å². The fraction of sp³-hybridized carbons (Fsp3) is 0.571. The zero-order chi connectivity index (χ0) is 15.3. The number of rotatable bonds is 7. The topological polar surface area (TPSA) is 72.6 Å². The second kappa shape index (κ2) is 7.49. The largest absolute Gasteiger partial charge is 0.398 e. The Morgan fingerprint density at radius 3 is 2.90 bits per heavy atom. The van der Waals surface area contributed by atoms with Crippen molar-refractivity contribution in [2.45, 2.75) is 11.3 Å². The van der Waals surface area contributed by atoms with Gasteiger partial charge < -0.3 is 10.5 Å². The minimum Gasteiger partial charge on any atom is -0.398 e. The predicted octanol–water partition coefficient (Wildman–Crippen LogP) is 1.66. The molecule has 1 fully saturated rings. The van der Waals surface area contributed by atoms with Gasteiger partial charge in [-0.1, -0.05) is 12.1 Å². The van der Waals surface area contributed by atoms with Gasteiger partial charge in [-0.3, -0.25) is 0 Å². The summed E-state index contributed by atoms with van der Waals surface area (Å²) >= 11 is 1.49. The highest BCUT2D eigenvalue weighted by atomic mass is 32.2. The van der Waals surface area contributed by atoms with Crippen molar-refractivity contribution in [1.29, 1.82) is 0 Å². The lowest BCUT2D eigenvalue weighted by molar-refractivity contribution is 0.157. The number of nitrogens with zero attached hydrogens (tertiary/aromatic N) is 1. The lowest BCUT2D eigenvalue weighted by atomic mass is 10.1. The van der Waals surface area contributed by atoms with Crippen molar-refractivity contribution >= 4 is 27.5 Å². The van der Waals surface area contributed by atoms with Gasteiger partial charge in [0.15, 0.2) is 0 Å². The molecule has 1 aliphatic rings. The zero-order valence-electron chi connectivity index (χ0n) is 12.2. The second-order valence-corrected chi connectivity index (χ2v) is 8.40. The van der Waals surface area contributed by atoms with E-state index >= 15 is 0 Å². The minimum absolute atomic E-state index is 0.145. The number of hydrogen-bond donors (Lipinski definition) is 1. The number of sulfonamides is 1. The Kier molecular flexibility index (Phi) is 5.92. The highest BCUT2D eigenvalue weighted by Gasteiger charge is 2.30. The van der Waals surface area contributed by atoms with Crippen LogP contribution < -0.4 is 5.73 Å². The van der Waals surface area contributed by atoms with Gasteiger partial charge >= 0.3 is 0 Å². The van der Waals surface area contributed by atoms with Gasteiger partial charge in [-0.2, -0.15) is 0 Å². The van der Waals surface area contributed by atoms with Gasteiger partial charge in [-0.25, -0.2) is 12.7 Å². The van der Waals surface area contributed by atoms with Gasteiger partial charge in [-0.15, -0.1) is 11.8 Å². The molecule has 0 amide bonds. The van der Waals surface area contributed by atoms with Crippen LogP contribution in [0.3, 0.4) is 0 Å². The summed E-state index contributed by atoms with van der Waals surface area (Å²) in [5.74, 6) is 0.982. The zero-order valence-corrected chi connectivity index (χ0v) is 13.8. The summed E-state index contributed by atoms with van der Waals surface area (Å²) < 4.78 is 31.3. The number of thioether (sulfide) groups is 1. The van der Waals surface area contributed by atoms with Gasteiger partial charge in [0.1, 0.15) is 0 Å². The van der Waals surface area contributed by atoms with Crippen LogP contribution in [-0.2, 0) is 14.8 Å². The fourth-order valence-corrected chi connectivity index (χ4v) is 5.30. The Bertz CT molecular complexity index is 563. The third-order valence-electron chi connectivity index (χ3n) is 3.56. The average molecular weight is 330 g/mol. The Hall–Kier alpha value is -0.760. The maximum atomic E-state index is 12.3. The number of nitrogen functional groups attached to an aromatic ring is 1. The summed E-state index contributed by atoms with van der Waals surface area (Å²) in [6.07, 6.45) is 0.881. The van der Waals surface area contributed by atoms with Crippen LogP contribution in [0, 0.1) is 5.92 Å². The van der Waals surface area contributed by atoms with Gasteiger partial charge in [0, 0.05) is 36.5 Å². The van der Waals surface area contributed by atoms with E-state index in [2.05, 4.69) is 0 Å². The molecule has 1 aliphatic heterocycles. The fourth-order valence-electron chi connectivity index (χ4n) is 2.42. The maximum Gasteiger partial charge on any atom is 0.214 e. The van der Waals surface area contributed by atoms with E-state index < -0.39 is 10.0 Å². The van der Waals surface area contributed by atoms with Crippen molar-refractivity contribution in [1.82, 2.24) is 4.31 Å². The number of nitrogens with two attached hydrogens (primary N) is 1. The molecule has 118 valence electrons. The van der Waals surface area contributed by atoms with Gasteiger partial charge in [-0.05, 0) is 24.5 Å². The SMILES string of the molecule is COCC1CCN(S(=O)(=O)CCSc2ccccc2N)C1. The van der Waals surface area contributed by atoms with Crippen molar-refractivity contribution in [3.63, 3.8) is 0 Å². The van der Waals surface area contributed by atoms with E-state index in [4.69, 9.17) is 10.5 Å². The van der Waals surface area contributed by atoms with E-state index in [-0.39, 0.29) is 5.75 Å². The van der Waals surface area contributed by atoms with Crippen molar-refractivity contribution in [3.8, 4) is 0 Å². The molecule has 0 radical (unpaired) electrons. The standard InChI is InChI=1S/C14H22N2O3S2/c1-19-11-12-6-7-16(10-12)21(17,18)9-8-20-14-5-3-2-4-13(14)15/h2-5,12H,6-11,15H2,1H3. The third kappa shape index (κ3) is 4.60. The minimum atomic E-state index is -3.18. The summed E-state index contributed by atoms with van der Waals surface area (Å²) in [6.45, 7) is 1.81. The van der Waals surface area contributed by atoms with Crippen molar-refractivity contribution in [3.05, 3.63) is 24.3 Å². The molecule has 1 unspecified atom stereocenters. The Balaban J connectivity index is 1.83. The van der Waals surface area contributed by atoms with Crippen LogP contribution >= 0.6 is 11.8 Å². The average Bonchev–Trinajstić information content (AvgIpc) is 2.91. The van der Waals surface area contributed by atoms with E-state index in [9.17, 15) is 8.42 Å². The van der Waals surface area contributed by atoms with Crippen molar-refractivity contribution < 1.29 is 13.2 Å². The van der Waals surface area contributed by atoms with Crippen molar-refractivity contribution in [2.24, 2.45) is 5.92 Å². The number of methoxy groups -OCH3 is 1. The number of ether oxygens (including phenoxy) is 1. The van der Waals surface area contributed by atoms with Crippen LogP contribution in [0.5, 0.6) is 0 Å². The van der Waals surface area contributed by atoms with Crippen LogP contribution in [0.1, 0.15) is 6.42 Å². The molecule has 1 saturated heterocycles. The molecule has 0 aliphatic carbocycles. The molecule has 7 heteroatoms. The molecule has 21 heavy (non-hydrogen) atoms. The van der Waals surface area contributed by atoms with E-state index in [0.29, 0.717) is 37.1 Å². The van der Waals surface area contributed by atoms with Crippen LogP contribution in [-0.4, -0.2) is 51.0 Å². The molecule has 0 spiro atoms. The smallest absolute Gasteiger partial charge is 0.214 e. The number of hydrogen-bond acceptors (Lipinski definition) is 5. The number of para-hydroxylation sites is 1. The quantitative estimate of drug-likeness (QED) is 0.608. The summed E-state index contributed by atoms with van der Waals surface area (Å²) in [7, 11) is -1.53. The number of anilines is 1. The first-order chi connectivity index (χ1) is 10.0. The molecular formula is C14H22N2O3S2. The summed E-state index contributed by atoms with van der Waals surface area (Å²) in [5, 5.41) is 0. The Morgan fingerprint density at radius 2 is 2.19 bits per heavy atom. The molecule has 0 aromatic heterocycles. The van der Waals surface area contributed by atoms with Gasteiger partial charge in [0.05, 0.1) is 12.4 Å². The predicted molar refractivity (Wildman–Crippen MR) is 86.9 cm³/mol. The molecule has 2 N–H and O–H groups in total. The molecule has 1 aromatic rings. The summed E-state index contributed by atoms with van der Waals surface area (Å²) in [5.41, 5.74) is 6.55. The Labute approximate surface area is 130 Å². The normalized spacial score (nSPS) is 20.0.